The van der Waals surface area contributed by atoms with Crippen LogP contribution in [0.3, 0.4) is 0 Å². The minimum absolute atomic E-state index is 0.520. The molecule has 0 aliphatic heterocycles. The molecule has 0 aliphatic carbocycles. The van der Waals surface area contributed by atoms with Crippen molar-refractivity contribution in [3.8, 4) is 11.6 Å². The number of aromatic nitrogens is 2. The normalized spacial score (nSPS) is 10.6. The Bertz CT molecular complexity index is 575. The topological polar surface area (TPSA) is 47.0 Å². The summed E-state index contributed by atoms with van der Waals surface area (Å²) in [6.07, 6.45) is 4.48. The minimum atomic E-state index is 0.520. The van der Waals surface area contributed by atoms with Gasteiger partial charge in [-0.05, 0) is 43.7 Å². The summed E-state index contributed by atoms with van der Waals surface area (Å²) in [5.74, 6) is 1.31. The van der Waals surface area contributed by atoms with E-state index in [0.29, 0.717) is 12.4 Å². The molecule has 0 amide bonds. The van der Waals surface area contributed by atoms with Gasteiger partial charge in [-0.25, -0.2) is 4.98 Å². The molecule has 106 valence electrons. The van der Waals surface area contributed by atoms with E-state index in [1.807, 2.05) is 25.1 Å². The van der Waals surface area contributed by atoms with E-state index in [9.17, 15) is 0 Å². The second-order valence-electron chi connectivity index (χ2n) is 4.54. The predicted octanol–water partition coefficient (Wildman–Crippen LogP) is 3.84. The van der Waals surface area contributed by atoms with Crippen molar-refractivity contribution in [2.24, 2.45) is 0 Å². The zero-order chi connectivity index (χ0) is 14.4. The van der Waals surface area contributed by atoms with Crippen molar-refractivity contribution in [3.63, 3.8) is 0 Å². The van der Waals surface area contributed by atoms with Gasteiger partial charge in [-0.15, -0.1) is 0 Å². The highest BCUT2D eigenvalue weighted by Crippen LogP contribution is 2.26. The molecule has 0 radical (unpaired) electrons. The van der Waals surface area contributed by atoms with Crippen molar-refractivity contribution >= 4 is 15.9 Å². The molecule has 2 aromatic rings. The van der Waals surface area contributed by atoms with E-state index in [2.05, 4.69) is 38.1 Å². The third-order valence-corrected chi connectivity index (χ3v) is 3.24. The Morgan fingerprint density at radius 3 is 2.90 bits per heavy atom. The molecule has 2 rings (SSSR count). The van der Waals surface area contributed by atoms with Crippen LogP contribution in [0.5, 0.6) is 11.6 Å². The van der Waals surface area contributed by atoms with E-state index in [1.165, 1.54) is 0 Å². The zero-order valence-corrected chi connectivity index (χ0v) is 13.3. The van der Waals surface area contributed by atoms with Gasteiger partial charge in [0.2, 0.25) is 5.88 Å². The first-order valence-corrected chi connectivity index (χ1v) is 7.44. The van der Waals surface area contributed by atoms with Gasteiger partial charge in [0.1, 0.15) is 5.75 Å². The number of aryl methyl sites for hydroxylation is 1. The van der Waals surface area contributed by atoms with Crippen LogP contribution in [0.1, 0.15) is 24.6 Å². The fourth-order valence-electron chi connectivity index (χ4n) is 1.75. The van der Waals surface area contributed by atoms with Crippen molar-refractivity contribution in [1.82, 2.24) is 15.3 Å². The molecule has 0 unspecified atom stereocenters. The number of nitrogens with zero attached hydrogens (tertiary/aromatic N) is 2. The molecule has 0 fully saturated rings. The third kappa shape index (κ3) is 4.28. The van der Waals surface area contributed by atoms with Crippen LogP contribution in [-0.4, -0.2) is 16.5 Å². The molecule has 0 spiro atoms. The summed E-state index contributed by atoms with van der Waals surface area (Å²) in [6, 6.07) is 5.88. The van der Waals surface area contributed by atoms with E-state index in [0.717, 1.165) is 34.4 Å². The third-order valence-electron chi connectivity index (χ3n) is 2.75. The fourth-order valence-corrected chi connectivity index (χ4v) is 2.23. The van der Waals surface area contributed by atoms with E-state index in [1.54, 1.807) is 12.4 Å². The Morgan fingerprint density at radius 2 is 2.15 bits per heavy atom. The predicted molar refractivity (Wildman–Crippen MR) is 83.0 cm³/mol. The molecule has 0 atom stereocenters. The molecule has 0 saturated carbocycles. The minimum Gasteiger partial charge on any atom is -0.437 e. The quantitative estimate of drug-likeness (QED) is 0.814. The summed E-state index contributed by atoms with van der Waals surface area (Å²) in [5.41, 5.74) is 1.93. The lowest BCUT2D eigenvalue weighted by atomic mass is 10.2. The molecule has 1 aromatic heterocycles. The van der Waals surface area contributed by atoms with Crippen molar-refractivity contribution in [3.05, 3.63) is 46.3 Å². The standard InChI is InChI=1S/C15H18BrN3O/c1-3-6-17-8-13-9-18-10-15(19-13)20-14-5-4-12(16)7-11(14)2/h4-5,7,9-10,17H,3,6,8H2,1-2H3. The molecule has 5 heteroatoms. The maximum absolute atomic E-state index is 5.79. The van der Waals surface area contributed by atoms with E-state index < -0.39 is 0 Å². The van der Waals surface area contributed by atoms with Crippen molar-refractivity contribution in [2.45, 2.75) is 26.8 Å². The number of halogens is 1. The first-order valence-electron chi connectivity index (χ1n) is 6.64. The lowest BCUT2D eigenvalue weighted by Crippen LogP contribution is -2.15. The van der Waals surface area contributed by atoms with Crippen molar-refractivity contribution < 1.29 is 4.74 Å². The molecule has 0 bridgehead atoms. The van der Waals surface area contributed by atoms with Crippen LogP contribution in [0.2, 0.25) is 0 Å². The van der Waals surface area contributed by atoms with E-state index in [-0.39, 0.29) is 0 Å². The summed E-state index contributed by atoms with van der Waals surface area (Å²) < 4.78 is 6.82. The second kappa shape index (κ2) is 7.36. The van der Waals surface area contributed by atoms with Gasteiger partial charge >= 0.3 is 0 Å². The fraction of sp³-hybridized carbons (Fsp3) is 0.333. The first kappa shape index (κ1) is 14.9. The lowest BCUT2D eigenvalue weighted by Gasteiger charge is -2.09. The SMILES string of the molecule is CCCNCc1cncc(Oc2ccc(Br)cc2C)n1. The van der Waals surface area contributed by atoms with Gasteiger partial charge in [-0.2, -0.15) is 0 Å². The maximum Gasteiger partial charge on any atom is 0.238 e. The van der Waals surface area contributed by atoms with Crippen LogP contribution in [0.25, 0.3) is 0 Å². The molecular formula is C15H18BrN3O. The molecule has 1 aromatic carbocycles. The Hall–Kier alpha value is -1.46. The molecule has 20 heavy (non-hydrogen) atoms. The molecule has 0 aliphatic rings. The smallest absolute Gasteiger partial charge is 0.238 e. The van der Waals surface area contributed by atoms with Crippen LogP contribution in [0.15, 0.2) is 35.1 Å². The number of rotatable bonds is 6. The first-order chi connectivity index (χ1) is 9.69. The van der Waals surface area contributed by atoms with Crippen LogP contribution in [0.4, 0.5) is 0 Å². The maximum atomic E-state index is 5.79. The largest absolute Gasteiger partial charge is 0.437 e. The summed E-state index contributed by atoms with van der Waals surface area (Å²) in [4.78, 5) is 8.61. The Kier molecular flexibility index (Phi) is 5.49. The molecule has 4 nitrogen and oxygen atoms in total. The van der Waals surface area contributed by atoms with Gasteiger partial charge in [-0.3, -0.25) is 4.98 Å². The van der Waals surface area contributed by atoms with Crippen LogP contribution < -0.4 is 10.1 Å². The van der Waals surface area contributed by atoms with Gasteiger partial charge in [0, 0.05) is 17.2 Å². The number of benzene rings is 1. The lowest BCUT2D eigenvalue weighted by molar-refractivity contribution is 0.453. The summed E-state index contributed by atoms with van der Waals surface area (Å²) in [7, 11) is 0. The Labute approximate surface area is 127 Å². The Balaban J connectivity index is 2.07. The molecular weight excluding hydrogens is 318 g/mol. The number of hydrogen-bond donors (Lipinski definition) is 1. The average molecular weight is 336 g/mol. The average Bonchev–Trinajstić information content (AvgIpc) is 2.43. The summed E-state index contributed by atoms with van der Waals surface area (Å²) in [6.45, 7) is 5.81. The monoisotopic (exact) mass is 335 g/mol. The second-order valence-corrected chi connectivity index (χ2v) is 5.45. The summed E-state index contributed by atoms with van der Waals surface area (Å²) in [5, 5.41) is 3.30. The van der Waals surface area contributed by atoms with Gasteiger partial charge in [0.25, 0.3) is 0 Å². The van der Waals surface area contributed by atoms with Crippen molar-refractivity contribution in [1.29, 1.82) is 0 Å². The molecule has 1 heterocycles. The highest BCUT2D eigenvalue weighted by atomic mass is 79.9. The molecule has 1 N–H and O–H groups in total. The highest BCUT2D eigenvalue weighted by Gasteiger charge is 2.04. The van der Waals surface area contributed by atoms with Crippen molar-refractivity contribution in [2.75, 3.05) is 6.54 Å². The Morgan fingerprint density at radius 1 is 1.30 bits per heavy atom. The van der Waals surface area contributed by atoms with Gasteiger partial charge < -0.3 is 10.1 Å². The highest BCUT2D eigenvalue weighted by molar-refractivity contribution is 9.10. The number of ether oxygens (including phenoxy) is 1. The van der Waals surface area contributed by atoms with Gasteiger partial charge in [0.15, 0.2) is 0 Å². The van der Waals surface area contributed by atoms with E-state index in [4.69, 9.17) is 4.74 Å². The summed E-state index contributed by atoms with van der Waals surface area (Å²) >= 11 is 3.44. The number of hydrogen-bond acceptors (Lipinski definition) is 4. The van der Waals surface area contributed by atoms with E-state index >= 15 is 0 Å². The van der Waals surface area contributed by atoms with Crippen LogP contribution in [-0.2, 0) is 6.54 Å². The van der Waals surface area contributed by atoms with Gasteiger partial charge in [-0.1, -0.05) is 22.9 Å². The number of nitrogens with one attached hydrogen (secondary N) is 1. The van der Waals surface area contributed by atoms with Crippen LogP contribution in [0, 0.1) is 6.92 Å². The zero-order valence-electron chi connectivity index (χ0n) is 11.7. The van der Waals surface area contributed by atoms with Crippen LogP contribution >= 0.6 is 15.9 Å². The molecule has 0 saturated heterocycles. The van der Waals surface area contributed by atoms with Gasteiger partial charge in [0.05, 0.1) is 11.9 Å².